The molecule has 1 aliphatic rings. The van der Waals surface area contributed by atoms with Crippen molar-refractivity contribution in [2.24, 2.45) is 0 Å². The molecule has 1 heterocycles. The van der Waals surface area contributed by atoms with Gasteiger partial charge in [-0.1, -0.05) is 6.42 Å². The van der Waals surface area contributed by atoms with E-state index in [0.29, 0.717) is 11.9 Å². The Bertz CT molecular complexity index is 337. The van der Waals surface area contributed by atoms with Crippen LogP contribution in [-0.2, 0) is 6.54 Å². The molecule has 0 unspecified atom stereocenters. The molecule has 3 N–H and O–H groups in total. The first-order chi connectivity index (χ1) is 8.29. The highest BCUT2D eigenvalue weighted by Gasteiger charge is 2.24. The van der Waals surface area contributed by atoms with E-state index in [4.69, 9.17) is 10.8 Å². The maximum Gasteiger partial charge on any atom is 0.141 e. The molecular weight excluding hydrogens is 216 g/mol. The van der Waals surface area contributed by atoms with Crippen molar-refractivity contribution in [3.8, 4) is 0 Å². The van der Waals surface area contributed by atoms with Crippen LogP contribution >= 0.6 is 0 Å². The van der Waals surface area contributed by atoms with Gasteiger partial charge in [0.15, 0.2) is 0 Å². The Balaban J connectivity index is 1.93. The zero-order chi connectivity index (χ0) is 12.1. The average molecular weight is 236 g/mol. The van der Waals surface area contributed by atoms with E-state index >= 15 is 0 Å². The molecule has 1 aromatic rings. The summed E-state index contributed by atoms with van der Waals surface area (Å²) in [7, 11) is 0. The van der Waals surface area contributed by atoms with Crippen molar-refractivity contribution in [3.63, 3.8) is 0 Å². The molecule has 0 spiro atoms. The van der Waals surface area contributed by atoms with Crippen molar-refractivity contribution in [2.45, 2.75) is 38.3 Å². The molecule has 0 aromatic carbocycles. The van der Waals surface area contributed by atoms with Crippen LogP contribution in [0.4, 0.5) is 5.82 Å². The number of hydrogen-bond donors (Lipinski definition) is 2. The largest absolute Gasteiger partial charge is 0.396 e. The molecule has 0 saturated heterocycles. The van der Waals surface area contributed by atoms with Crippen molar-refractivity contribution in [3.05, 3.63) is 18.1 Å². The maximum atomic E-state index is 8.92. The van der Waals surface area contributed by atoms with E-state index in [2.05, 4.69) is 14.9 Å². The number of anilines is 1. The van der Waals surface area contributed by atoms with Crippen LogP contribution in [0.5, 0.6) is 0 Å². The number of nitrogens with zero attached hydrogens (tertiary/aromatic N) is 3. The van der Waals surface area contributed by atoms with E-state index in [-0.39, 0.29) is 6.61 Å². The van der Waals surface area contributed by atoms with Gasteiger partial charge in [-0.2, -0.15) is 0 Å². The average Bonchev–Trinajstić information content (AvgIpc) is 2.26. The molecule has 0 radical (unpaired) electrons. The van der Waals surface area contributed by atoms with Crippen LogP contribution in [0.1, 0.15) is 31.4 Å². The Hall–Kier alpha value is -1.20. The topological polar surface area (TPSA) is 75.3 Å². The van der Waals surface area contributed by atoms with Gasteiger partial charge in [-0.15, -0.1) is 0 Å². The molecule has 1 saturated carbocycles. The summed E-state index contributed by atoms with van der Waals surface area (Å²) < 4.78 is 0. The van der Waals surface area contributed by atoms with E-state index in [1.165, 1.54) is 19.3 Å². The van der Waals surface area contributed by atoms with Crippen molar-refractivity contribution in [2.75, 3.05) is 18.9 Å². The van der Waals surface area contributed by atoms with Gasteiger partial charge in [-0.3, -0.25) is 9.88 Å². The second kappa shape index (κ2) is 5.93. The Labute approximate surface area is 102 Å². The zero-order valence-corrected chi connectivity index (χ0v) is 10.0. The summed E-state index contributed by atoms with van der Waals surface area (Å²) in [6, 6.07) is 0.654. The van der Waals surface area contributed by atoms with Crippen LogP contribution in [-0.4, -0.2) is 39.2 Å². The summed E-state index contributed by atoms with van der Waals surface area (Å²) in [5.41, 5.74) is 6.46. The van der Waals surface area contributed by atoms with Crippen molar-refractivity contribution in [1.29, 1.82) is 0 Å². The number of nitrogen functional groups attached to an aromatic ring is 1. The Kier molecular flexibility index (Phi) is 4.28. The molecule has 17 heavy (non-hydrogen) atoms. The molecule has 94 valence electrons. The van der Waals surface area contributed by atoms with Crippen molar-refractivity contribution in [1.82, 2.24) is 14.9 Å². The lowest BCUT2D eigenvalue weighted by atomic mass is 9.91. The normalized spacial score (nSPS) is 16.1. The van der Waals surface area contributed by atoms with Gasteiger partial charge in [0, 0.05) is 25.7 Å². The fraction of sp³-hybridized carbons (Fsp3) is 0.667. The van der Waals surface area contributed by atoms with Crippen molar-refractivity contribution < 1.29 is 5.11 Å². The minimum atomic E-state index is 0.247. The maximum absolute atomic E-state index is 8.92. The Morgan fingerprint density at radius 1 is 1.35 bits per heavy atom. The second-order valence-corrected chi connectivity index (χ2v) is 4.56. The molecule has 0 amide bonds. The predicted molar refractivity (Wildman–Crippen MR) is 66.2 cm³/mol. The first kappa shape index (κ1) is 12.3. The molecule has 5 heteroatoms. The highest BCUT2D eigenvalue weighted by Crippen LogP contribution is 2.25. The fourth-order valence-corrected chi connectivity index (χ4v) is 2.07. The van der Waals surface area contributed by atoms with Gasteiger partial charge in [0.1, 0.15) is 5.82 Å². The molecule has 2 rings (SSSR count). The summed E-state index contributed by atoms with van der Waals surface area (Å²) in [4.78, 5) is 10.7. The van der Waals surface area contributed by atoms with Crippen LogP contribution in [0.15, 0.2) is 12.4 Å². The molecular formula is C12H20N4O. The molecule has 5 nitrogen and oxygen atoms in total. The molecule has 1 aliphatic carbocycles. The summed E-state index contributed by atoms with van der Waals surface area (Å²) in [6.45, 7) is 1.97. The van der Waals surface area contributed by atoms with Gasteiger partial charge < -0.3 is 10.8 Å². The third kappa shape index (κ3) is 3.38. The minimum Gasteiger partial charge on any atom is -0.396 e. The summed E-state index contributed by atoms with van der Waals surface area (Å²) in [5, 5.41) is 8.92. The van der Waals surface area contributed by atoms with E-state index in [1.807, 2.05) is 0 Å². The first-order valence-electron chi connectivity index (χ1n) is 6.21. The third-order valence-corrected chi connectivity index (χ3v) is 3.28. The van der Waals surface area contributed by atoms with Crippen LogP contribution in [0.25, 0.3) is 0 Å². The molecule has 0 bridgehead atoms. The molecule has 0 aliphatic heterocycles. The fourth-order valence-electron chi connectivity index (χ4n) is 2.07. The lowest BCUT2D eigenvalue weighted by Crippen LogP contribution is -2.40. The van der Waals surface area contributed by atoms with Gasteiger partial charge in [0.05, 0.1) is 18.1 Å². The standard InChI is InChI=1S/C12H20N4O/c13-12-8-14-10(7-15-12)9-16(5-2-6-17)11-3-1-4-11/h7-8,11,17H,1-6,9H2,(H2,13,15). The highest BCUT2D eigenvalue weighted by atomic mass is 16.3. The van der Waals surface area contributed by atoms with Crippen molar-refractivity contribution >= 4 is 5.82 Å². The third-order valence-electron chi connectivity index (χ3n) is 3.28. The minimum absolute atomic E-state index is 0.247. The summed E-state index contributed by atoms with van der Waals surface area (Å²) in [5.74, 6) is 0.458. The smallest absolute Gasteiger partial charge is 0.141 e. The highest BCUT2D eigenvalue weighted by molar-refractivity contribution is 5.22. The lowest BCUT2D eigenvalue weighted by molar-refractivity contribution is 0.108. The van der Waals surface area contributed by atoms with E-state index < -0.39 is 0 Å². The number of aromatic nitrogens is 2. The van der Waals surface area contributed by atoms with Gasteiger partial charge in [-0.25, -0.2) is 4.98 Å². The zero-order valence-electron chi connectivity index (χ0n) is 10.0. The molecule has 0 atom stereocenters. The van der Waals surface area contributed by atoms with Gasteiger partial charge in [0.25, 0.3) is 0 Å². The Morgan fingerprint density at radius 3 is 2.71 bits per heavy atom. The first-order valence-corrected chi connectivity index (χ1v) is 6.21. The van der Waals surface area contributed by atoms with Crippen LogP contribution in [0, 0.1) is 0 Å². The number of rotatable bonds is 6. The van der Waals surface area contributed by atoms with E-state index in [0.717, 1.165) is 25.2 Å². The van der Waals surface area contributed by atoms with E-state index in [9.17, 15) is 0 Å². The molecule has 1 aromatic heterocycles. The summed E-state index contributed by atoms with van der Waals surface area (Å²) in [6.07, 6.45) is 7.98. The summed E-state index contributed by atoms with van der Waals surface area (Å²) >= 11 is 0. The number of nitrogens with two attached hydrogens (primary N) is 1. The van der Waals surface area contributed by atoms with Gasteiger partial charge in [-0.05, 0) is 19.3 Å². The monoisotopic (exact) mass is 236 g/mol. The van der Waals surface area contributed by atoms with Gasteiger partial charge >= 0.3 is 0 Å². The predicted octanol–water partition coefficient (Wildman–Crippen LogP) is 0.796. The quantitative estimate of drug-likeness (QED) is 0.764. The SMILES string of the molecule is Nc1cnc(CN(CCCO)C2CCC2)cn1. The van der Waals surface area contributed by atoms with Crippen LogP contribution < -0.4 is 5.73 Å². The second-order valence-electron chi connectivity index (χ2n) is 4.56. The number of aliphatic hydroxyl groups is 1. The van der Waals surface area contributed by atoms with Gasteiger partial charge in [0.2, 0.25) is 0 Å². The number of hydrogen-bond acceptors (Lipinski definition) is 5. The van der Waals surface area contributed by atoms with E-state index in [1.54, 1.807) is 12.4 Å². The van der Waals surface area contributed by atoms with Crippen LogP contribution in [0.3, 0.4) is 0 Å². The van der Waals surface area contributed by atoms with Crippen LogP contribution in [0.2, 0.25) is 0 Å². The Morgan fingerprint density at radius 2 is 2.18 bits per heavy atom. The lowest BCUT2D eigenvalue weighted by Gasteiger charge is -2.37. The number of aliphatic hydroxyl groups excluding tert-OH is 1. The molecule has 1 fully saturated rings.